The number of H-pyrrole nitrogens is 1. The predicted molar refractivity (Wildman–Crippen MR) is 73.7 cm³/mol. The van der Waals surface area contributed by atoms with E-state index in [1.54, 1.807) is 7.11 Å². The van der Waals surface area contributed by atoms with Gasteiger partial charge in [-0.05, 0) is 31.5 Å². The van der Waals surface area contributed by atoms with Crippen LogP contribution in [-0.4, -0.2) is 45.6 Å². The van der Waals surface area contributed by atoms with Gasteiger partial charge in [-0.3, -0.25) is 9.69 Å². The zero-order valence-electron chi connectivity index (χ0n) is 11.3. The minimum Gasteiger partial charge on any atom is -0.497 e. The molecule has 106 valence electrons. The number of fused-ring (bicyclic) bond motifs is 1. The maximum Gasteiger partial charge on any atom is 0.320 e. The van der Waals surface area contributed by atoms with Gasteiger partial charge in [0.05, 0.1) is 24.7 Å². The minimum atomic E-state index is -0.750. The van der Waals surface area contributed by atoms with E-state index in [0.29, 0.717) is 13.0 Å². The van der Waals surface area contributed by atoms with Gasteiger partial charge in [0.2, 0.25) is 0 Å². The number of carboxylic acid groups (broad SMARTS) is 1. The molecule has 1 aromatic carbocycles. The van der Waals surface area contributed by atoms with Crippen molar-refractivity contribution in [1.29, 1.82) is 0 Å². The summed E-state index contributed by atoms with van der Waals surface area (Å²) in [4.78, 5) is 20.9. The van der Waals surface area contributed by atoms with Gasteiger partial charge in [0.1, 0.15) is 17.6 Å². The zero-order valence-corrected chi connectivity index (χ0v) is 11.3. The molecule has 0 bridgehead atoms. The van der Waals surface area contributed by atoms with Crippen molar-refractivity contribution in [2.45, 2.75) is 25.4 Å². The molecule has 0 amide bonds. The van der Waals surface area contributed by atoms with Crippen LogP contribution in [0.2, 0.25) is 0 Å². The Morgan fingerprint density at radius 2 is 2.45 bits per heavy atom. The molecule has 1 aliphatic rings. The topological polar surface area (TPSA) is 78.4 Å². The number of aromatic nitrogens is 2. The van der Waals surface area contributed by atoms with Gasteiger partial charge in [-0.25, -0.2) is 4.98 Å². The molecule has 1 atom stereocenters. The summed E-state index contributed by atoms with van der Waals surface area (Å²) < 4.78 is 5.18. The molecule has 2 aromatic rings. The second-order valence-electron chi connectivity index (χ2n) is 5.03. The van der Waals surface area contributed by atoms with E-state index in [9.17, 15) is 9.90 Å². The van der Waals surface area contributed by atoms with E-state index < -0.39 is 12.0 Å². The SMILES string of the molecule is COc1ccc2nc(CN3CCCC3C(=O)O)[nH]c2c1. The van der Waals surface area contributed by atoms with Gasteiger partial charge in [-0.1, -0.05) is 0 Å². The molecule has 0 aliphatic carbocycles. The molecular formula is C14H17N3O3. The van der Waals surface area contributed by atoms with E-state index in [4.69, 9.17) is 4.74 Å². The van der Waals surface area contributed by atoms with Crippen LogP contribution in [0.1, 0.15) is 18.7 Å². The Bertz CT molecular complexity index is 638. The first-order valence-corrected chi connectivity index (χ1v) is 6.67. The summed E-state index contributed by atoms with van der Waals surface area (Å²) >= 11 is 0. The molecule has 2 heterocycles. The highest BCUT2D eigenvalue weighted by atomic mass is 16.5. The first-order valence-electron chi connectivity index (χ1n) is 6.67. The molecule has 3 rings (SSSR count). The van der Waals surface area contributed by atoms with Gasteiger partial charge in [-0.2, -0.15) is 0 Å². The zero-order chi connectivity index (χ0) is 14.1. The largest absolute Gasteiger partial charge is 0.497 e. The van der Waals surface area contributed by atoms with Crippen molar-refractivity contribution in [3.05, 3.63) is 24.0 Å². The number of aliphatic carboxylic acids is 1. The molecule has 0 spiro atoms. The molecule has 20 heavy (non-hydrogen) atoms. The smallest absolute Gasteiger partial charge is 0.320 e. The Balaban J connectivity index is 1.82. The third-order valence-electron chi connectivity index (χ3n) is 3.74. The lowest BCUT2D eigenvalue weighted by atomic mass is 10.2. The van der Waals surface area contributed by atoms with E-state index >= 15 is 0 Å². The van der Waals surface area contributed by atoms with Crippen LogP contribution < -0.4 is 4.74 Å². The normalized spacial score (nSPS) is 19.6. The van der Waals surface area contributed by atoms with E-state index in [-0.39, 0.29) is 0 Å². The van der Waals surface area contributed by atoms with Crippen LogP contribution in [-0.2, 0) is 11.3 Å². The second kappa shape index (κ2) is 5.13. The summed E-state index contributed by atoms with van der Waals surface area (Å²) in [5.41, 5.74) is 1.78. The van der Waals surface area contributed by atoms with Crippen molar-refractivity contribution in [3.63, 3.8) is 0 Å². The highest BCUT2D eigenvalue weighted by Gasteiger charge is 2.30. The summed E-state index contributed by atoms with van der Waals surface area (Å²) in [6.07, 6.45) is 1.63. The van der Waals surface area contributed by atoms with Crippen LogP contribution in [0.15, 0.2) is 18.2 Å². The lowest BCUT2D eigenvalue weighted by Crippen LogP contribution is -2.35. The second-order valence-corrected chi connectivity index (χ2v) is 5.03. The van der Waals surface area contributed by atoms with Crippen LogP contribution in [0, 0.1) is 0 Å². The molecule has 1 unspecified atom stereocenters. The standard InChI is InChI=1S/C14H17N3O3/c1-20-9-4-5-10-11(7-9)16-13(15-10)8-17-6-2-3-12(17)14(18)19/h4-5,7,12H,2-3,6,8H2,1H3,(H,15,16)(H,18,19). The van der Waals surface area contributed by atoms with E-state index in [1.807, 2.05) is 23.1 Å². The fourth-order valence-corrected chi connectivity index (χ4v) is 2.73. The van der Waals surface area contributed by atoms with Crippen LogP contribution in [0.3, 0.4) is 0 Å². The molecule has 0 saturated carbocycles. The molecule has 6 nitrogen and oxygen atoms in total. The Morgan fingerprint density at radius 1 is 1.60 bits per heavy atom. The summed E-state index contributed by atoms with van der Waals surface area (Å²) in [7, 11) is 1.63. The number of carbonyl (C=O) groups is 1. The lowest BCUT2D eigenvalue weighted by molar-refractivity contribution is -0.142. The number of carboxylic acids is 1. The molecule has 1 aromatic heterocycles. The lowest BCUT2D eigenvalue weighted by Gasteiger charge is -2.19. The fourth-order valence-electron chi connectivity index (χ4n) is 2.73. The predicted octanol–water partition coefficient (Wildman–Crippen LogP) is 1.62. The number of imidazole rings is 1. The Morgan fingerprint density at radius 3 is 3.20 bits per heavy atom. The van der Waals surface area contributed by atoms with Crippen molar-refractivity contribution >= 4 is 17.0 Å². The molecule has 1 fully saturated rings. The van der Waals surface area contributed by atoms with Gasteiger partial charge < -0.3 is 14.8 Å². The Hall–Kier alpha value is -2.08. The number of hydrogen-bond donors (Lipinski definition) is 2. The number of likely N-dealkylation sites (tertiary alicyclic amines) is 1. The van der Waals surface area contributed by atoms with Crippen molar-refractivity contribution in [2.75, 3.05) is 13.7 Å². The van der Waals surface area contributed by atoms with Gasteiger partial charge in [0.25, 0.3) is 0 Å². The fraction of sp³-hybridized carbons (Fsp3) is 0.429. The summed E-state index contributed by atoms with van der Waals surface area (Å²) in [5, 5.41) is 9.18. The quantitative estimate of drug-likeness (QED) is 0.886. The number of benzene rings is 1. The third-order valence-corrected chi connectivity index (χ3v) is 3.74. The highest BCUT2D eigenvalue weighted by molar-refractivity contribution is 5.77. The summed E-state index contributed by atoms with van der Waals surface area (Å²) in [6, 6.07) is 5.26. The average molecular weight is 275 g/mol. The van der Waals surface area contributed by atoms with Crippen molar-refractivity contribution < 1.29 is 14.6 Å². The van der Waals surface area contributed by atoms with E-state index in [0.717, 1.165) is 35.6 Å². The number of hydrogen-bond acceptors (Lipinski definition) is 4. The van der Waals surface area contributed by atoms with Gasteiger partial charge in [0, 0.05) is 6.07 Å². The summed E-state index contributed by atoms with van der Waals surface area (Å²) in [6.45, 7) is 1.34. The van der Waals surface area contributed by atoms with Gasteiger partial charge >= 0.3 is 5.97 Å². The number of nitrogens with one attached hydrogen (secondary N) is 1. The average Bonchev–Trinajstić information content (AvgIpc) is 3.03. The molecule has 2 N–H and O–H groups in total. The first kappa shape index (κ1) is 12.9. The van der Waals surface area contributed by atoms with Crippen molar-refractivity contribution in [1.82, 2.24) is 14.9 Å². The molecular weight excluding hydrogens is 258 g/mol. The van der Waals surface area contributed by atoms with Gasteiger partial charge in [0.15, 0.2) is 0 Å². The Labute approximate surface area is 116 Å². The van der Waals surface area contributed by atoms with Crippen LogP contribution in [0.5, 0.6) is 5.75 Å². The first-order chi connectivity index (χ1) is 9.67. The summed E-state index contributed by atoms with van der Waals surface area (Å²) in [5.74, 6) is 0.818. The minimum absolute atomic E-state index is 0.391. The van der Waals surface area contributed by atoms with Crippen molar-refractivity contribution in [2.24, 2.45) is 0 Å². The molecule has 6 heteroatoms. The Kier molecular flexibility index (Phi) is 3.31. The van der Waals surface area contributed by atoms with E-state index in [2.05, 4.69) is 9.97 Å². The van der Waals surface area contributed by atoms with Crippen LogP contribution >= 0.6 is 0 Å². The number of ether oxygens (including phenoxy) is 1. The third kappa shape index (κ3) is 2.34. The molecule has 1 saturated heterocycles. The number of rotatable bonds is 4. The number of nitrogens with zero attached hydrogens (tertiary/aromatic N) is 2. The monoisotopic (exact) mass is 275 g/mol. The molecule has 1 aliphatic heterocycles. The van der Waals surface area contributed by atoms with Crippen LogP contribution in [0.25, 0.3) is 11.0 Å². The highest BCUT2D eigenvalue weighted by Crippen LogP contribution is 2.22. The maximum absolute atomic E-state index is 11.2. The van der Waals surface area contributed by atoms with E-state index in [1.165, 1.54) is 0 Å². The molecule has 0 radical (unpaired) electrons. The van der Waals surface area contributed by atoms with Crippen molar-refractivity contribution in [3.8, 4) is 5.75 Å². The number of methoxy groups -OCH3 is 1. The maximum atomic E-state index is 11.2. The van der Waals surface area contributed by atoms with Crippen LogP contribution in [0.4, 0.5) is 0 Å². The number of aromatic amines is 1. The van der Waals surface area contributed by atoms with Gasteiger partial charge in [-0.15, -0.1) is 0 Å².